The fourth-order valence-corrected chi connectivity index (χ4v) is 1.87. The Labute approximate surface area is 105 Å². The SMILES string of the molecule is COc1ccc(N2NN(C)C=C2C)cc1C(=O)O. The maximum atomic E-state index is 11.1. The molecule has 0 aromatic heterocycles. The van der Waals surface area contributed by atoms with Crippen LogP contribution in [0.3, 0.4) is 0 Å². The zero-order chi connectivity index (χ0) is 13.3. The zero-order valence-electron chi connectivity index (χ0n) is 10.5. The van der Waals surface area contributed by atoms with E-state index in [1.54, 1.807) is 28.2 Å². The Kier molecular flexibility index (Phi) is 3.12. The lowest BCUT2D eigenvalue weighted by Gasteiger charge is -2.22. The first-order valence-electron chi connectivity index (χ1n) is 5.42. The van der Waals surface area contributed by atoms with Crippen LogP contribution in [0.5, 0.6) is 5.75 Å². The van der Waals surface area contributed by atoms with E-state index in [1.807, 2.05) is 20.2 Å². The molecule has 6 nitrogen and oxygen atoms in total. The number of aromatic carboxylic acids is 1. The number of methoxy groups -OCH3 is 1. The van der Waals surface area contributed by atoms with Gasteiger partial charge in [-0.2, -0.15) is 0 Å². The first-order valence-corrected chi connectivity index (χ1v) is 5.42. The minimum Gasteiger partial charge on any atom is -0.496 e. The Balaban J connectivity index is 2.39. The van der Waals surface area contributed by atoms with Crippen LogP contribution in [0.4, 0.5) is 5.69 Å². The summed E-state index contributed by atoms with van der Waals surface area (Å²) in [7, 11) is 3.32. The minimum absolute atomic E-state index is 0.138. The highest BCUT2D eigenvalue weighted by Gasteiger charge is 2.19. The van der Waals surface area contributed by atoms with Gasteiger partial charge in [0, 0.05) is 13.2 Å². The number of carboxylic acid groups (broad SMARTS) is 1. The van der Waals surface area contributed by atoms with E-state index in [2.05, 4.69) is 5.53 Å². The Hall–Kier alpha value is -2.21. The molecule has 0 saturated heterocycles. The maximum Gasteiger partial charge on any atom is 0.339 e. The van der Waals surface area contributed by atoms with E-state index in [1.165, 1.54) is 7.11 Å². The first kappa shape index (κ1) is 12.3. The highest BCUT2D eigenvalue weighted by Crippen LogP contribution is 2.27. The van der Waals surface area contributed by atoms with E-state index in [4.69, 9.17) is 9.84 Å². The van der Waals surface area contributed by atoms with Gasteiger partial charge in [-0.1, -0.05) is 0 Å². The second-order valence-electron chi connectivity index (χ2n) is 4.01. The van der Waals surface area contributed by atoms with Crippen LogP contribution in [0, 0.1) is 0 Å². The summed E-state index contributed by atoms with van der Waals surface area (Å²) < 4.78 is 5.03. The average Bonchev–Trinajstić information content (AvgIpc) is 2.67. The average molecular weight is 249 g/mol. The van der Waals surface area contributed by atoms with Gasteiger partial charge < -0.3 is 9.84 Å². The lowest BCUT2D eigenvalue weighted by molar-refractivity contribution is 0.0693. The summed E-state index contributed by atoms with van der Waals surface area (Å²) in [5, 5.41) is 12.7. The molecule has 2 N–H and O–H groups in total. The summed E-state index contributed by atoms with van der Waals surface area (Å²) in [6.07, 6.45) is 1.91. The van der Waals surface area contributed by atoms with Crippen LogP contribution in [0.25, 0.3) is 0 Å². The number of benzene rings is 1. The Morgan fingerprint density at radius 2 is 2.17 bits per heavy atom. The summed E-state index contributed by atoms with van der Waals surface area (Å²) in [5.74, 6) is -0.664. The molecular formula is C12H15N3O3. The predicted octanol–water partition coefficient (Wildman–Crippen LogP) is 1.43. The van der Waals surface area contributed by atoms with Crippen LogP contribution >= 0.6 is 0 Å². The number of anilines is 1. The molecule has 1 aliphatic rings. The molecule has 0 fully saturated rings. The van der Waals surface area contributed by atoms with Crippen molar-refractivity contribution in [3.8, 4) is 5.75 Å². The van der Waals surface area contributed by atoms with Crippen LogP contribution in [0.1, 0.15) is 17.3 Å². The molecule has 0 aliphatic carbocycles. The maximum absolute atomic E-state index is 11.1. The molecule has 0 spiro atoms. The lowest BCUT2D eigenvalue weighted by Crippen LogP contribution is -2.38. The first-order chi connectivity index (χ1) is 8.52. The van der Waals surface area contributed by atoms with Gasteiger partial charge in [0.15, 0.2) is 0 Å². The number of hydrogen-bond donors (Lipinski definition) is 2. The van der Waals surface area contributed by atoms with Crippen molar-refractivity contribution in [1.82, 2.24) is 10.5 Å². The van der Waals surface area contributed by atoms with E-state index >= 15 is 0 Å². The largest absolute Gasteiger partial charge is 0.496 e. The summed E-state index contributed by atoms with van der Waals surface area (Å²) >= 11 is 0. The van der Waals surface area contributed by atoms with Crippen molar-refractivity contribution in [2.45, 2.75) is 6.92 Å². The van der Waals surface area contributed by atoms with E-state index < -0.39 is 5.97 Å². The van der Waals surface area contributed by atoms with Crippen molar-refractivity contribution in [2.24, 2.45) is 0 Å². The van der Waals surface area contributed by atoms with Crippen LogP contribution in [-0.4, -0.2) is 30.2 Å². The molecular weight excluding hydrogens is 234 g/mol. The number of hydrazine groups is 2. The number of ether oxygens (including phenoxy) is 1. The zero-order valence-corrected chi connectivity index (χ0v) is 10.5. The van der Waals surface area contributed by atoms with Crippen molar-refractivity contribution in [3.63, 3.8) is 0 Å². The van der Waals surface area contributed by atoms with Gasteiger partial charge >= 0.3 is 5.97 Å². The van der Waals surface area contributed by atoms with Crippen LogP contribution < -0.4 is 15.3 Å². The van der Waals surface area contributed by atoms with E-state index in [0.717, 1.165) is 11.4 Å². The van der Waals surface area contributed by atoms with Gasteiger partial charge in [-0.05, 0) is 25.1 Å². The third-order valence-corrected chi connectivity index (χ3v) is 2.66. The molecule has 6 heteroatoms. The number of carbonyl (C=O) groups is 1. The van der Waals surface area contributed by atoms with Crippen molar-refractivity contribution < 1.29 is 14.6 Å². The van der Waals surface area contributed by atoms with Crippen molar-refractivity contribution >= 4 is 11.7 Å². The number of nitrogens with one attached hydrogen (secondary N) is 1. The Morgan fingerprint density at radius 1 is 1.44 bits per heavy atom. The summed E-state index contributed by atoms with van der Waals surface area (Å²) in [4.78, 5) is 11.1. The number of hydrogen-bond acceptors (Lipinski definition) is 5. The second kappa shape index (κ2) is 4.58. The van der Waals surface area contributed by atoms with E-state index in [0.29, 0.717) is 5.75 Å². The number of rotatable bonds is 3. The normalized spacial score (nSPS) is 14.7. The number of allylic oxidation sites excluding steroid dienone is 1. The fourth-order valence-electron chi connectivity index (χ4n) is 1.87. The molecule has 0 atom stereocenters. The monoisotopic (exact) mass is 249 g/mol. The third kappa shape index (κ3) is 2.10. The van der Waals surface area contributed by atoms with Gasteiger partial charge in [0.1, 0.15) is 11.3 Å². The molecule has 0 saturated carbocycles. The minimum atomic E-state index is -1.01. The molecule has 1 heterocycles. The molecule has 96 valence electrons. The highest BCUT2D eigenvalue weighted by molar-refractivity contribution is 5.92. The number of nitrogens with zero attached hydrogens (tertiary/aromatic N) is 2. The van der Waals surface area contributed by atoms with E-state index in [9.17, 15) is 4.79 Å². The van der Waals surface area contributed by atoms with E-state index in [-0.39, 0.29) is 5.56 Å². The van der Waals surface area contributed by atoms with Gasteiger partial charge in [0.05, 0.1) is 18.5 Å². The second-order valence-corrected chi connectivity index (χ2v) is 4.01. The van der Waals surface area contributed by atoms with Gasteiger partial charge in [-0.25, -0.2) is 4.79 Å². The summed E-state index contributed by atoms with van der Waals surface area (Å²) in [6.45, 7) is 1.93. The molecule has 0 amide bonds. The Morgan fingerprint density at radius 3 is 2.67 bits per heavy atom. The smallest absolute Gasteiger partial charge is 0.339 e. The van der Waals surface area contributed by atoms with Crippen molar-refractivity contribution in [1.29, 1.82) is 0 Å². The summed E-state index contributed by atoms with van der Waals surface area (Å²) in [6, 6.07) is 5.02. The standard InChI is InChI=1S/C12H15N3O3/c1-8-7-14(2)13-15(8)9-4-5-11(18-3)10(6-9)12(16)17/h4-7,13H,1-3H3,(H,16,17). The lowest BCUT2D eigenvalue weighted by atomic mass is 10.1. The fraction of sp³-hybridized carbons (Fsp3) is 0.250. The molecule has 1 aromatic rings. The molecule has 1 aliphatic heterocycles. The molecule has 0 unspecified atom stereocenters. The van der Waals surface area contributed by atoms with Crippen LogP contribution in [0.15, 0.2) is 30.1 Å². The van der Waals surface area contributed by atoms with Gasteiger partial charge in [-0.15, -0.1) is 5.53 Å². The van der Waals surface area contributed by atoms with Gasteiger partial charge in [0.25, 0.3) is 0 Å². The van der Waals surface area contributed by atoms with Crippen molar-refractivity contribution in [3.05, 3.63) is 35.7 Å². The Bertz CT molecular complexity index is 513. The van der Waals surface area contributed by atoms with Crippen LogP contribution in [0.2, 0.25) is 0 Å². The third-order valence-electron chi connectivity index (χ3n) is 2.66. The molecule has 0 radical (unpaired) electrons. The molecule has 2 rings (SSSR count). The molecule has 1 aromatic carbocycles. The van der Waals surface area contributed by atoms with Gasteiger partial charge in [0.2, 0.25) is 0 Å². The van der Waals surface area contributed by atoms with Crippen LogP contribution in [-0.2, 0) is 0 Å². The van der Waals surface area contributed by atoms with Gasteiger partial charge in [-0.3, -0.25) is 10.0 Å². The van der Waals surface area contributed by atoms with Crippen molar-refractivity contribution in [2.75, 3.05) is 19.2 Å². The summed E-state index contributed by atoms with van der Waals surface area (Å²) in [5.41, 5.74) is 4.92. The number of carboxylic acids is 1. The highest BCUT2D eigenvalue weighted by atomic mass is 16.5. The quantitative estimate of drug-likeness (QED) is 0.844. The topological polar surface area (TPSA) is 65.0 Å². The predicted molar refractivity (Wildman–Crippen MR) is 67.1 cm³/mol. The molecule has 0 bridgehead atoms. The molecule has 18 heavy (non-hydrogen) atoms.